The van der Waals surface area contributed by atoms with Crippen LogP contribution in [-0.2, 0) is 0 Å². The first kappa shape index (κ1) is 11.6. The molecule has 0 aliphatic heterocycles. The molecule has 2 rings (SSSR count). The average Bonchev–Trinajstić information content (AvgIpc) is 2.30. The molecule has 1 heteroatoms. The van der Waals surface area contributed by atoms with E-state index in [0.29, 0.717) is 5.71 Å². The van der Waals surface area contributed by atoms with E-state index in [1.165, 1.54) is 16.7 Å². The number of benzene rings is 2. The third-order valence-electron chi connectivity index (χ3n) is 3.03. The fraction of sp³-hybridized carbons (Fsp3) is 0.188. The second kappa shape index (κ2) is 4.54. The lowest BCUT2D eigenvalue weighted by atomic mass is 9.97. The zero-order valence-corrected chi connectivity index (χ0v) is 10.5. The lowest BCUT2D eigenvalue weighted by Crippen LogP contribution is -1.96. The van der Waals surface area contributed by atoms with Crippen LogP contribution in [0.4, 0.5) is 0 Å². The minimum atomic E-state index is 0.622. The maximum atomic E-state index is 7.77. The molecule has 86 valence electrons. The van der Waals surface area contributed by atoms with E-state index < -0.39 is 0 Å². The molecule has 0 unspecified atom stereocenters. The van der Waals surface area contributed by atoms with Crippen molar-refractivity contribution in [2.45, 2.75) is 20.8 Å². The maximum Gasteiger partial charge on any atom is 0.0358 e. The third-order valence-corrected chi connectivity index (χ3v) is 3.03. The van der Waals surface area contributed by atoms with E-state index >= 15 is 0 Å². The molecular formula is C16H17N. The van der Waals surface area contributed by atoms with Crippen LogP contribution < -0.4 is 0 Å². The molecule has 0 atom stereocenters. The molecule has 0 amide bonds. The fourth-order valence-electron chi connectivity index (χ4n) is 1.95. The van der Waals surface area contributed by atoms with Gasteiger partial charge in [-0.3, -0.25) is 0 Å². The first-order valence-electron chi connectivity index (χ1n) is 5.81. The molecule has 17 heavy (non-hydrogen) atoms. The highest BCUT2D eigenvalue weighted by Gasteiger charge is 2.04. The van der Waals surface area contributed by atoms with Crippen LogP contribution in [0.15, 0.2) is 42.5 Å². The molecule has 1 nitrogen and oxygen atoms in total. The predicted molar refractivity (Wildman–Crippen MR) is 73.9 cm³/mol. The van der Waals surface area contributed by atoms with Gasteiger partial charge >= 0.3 is 0 Å². The molecule has 0 aliphatic carbocycles. The highest BCUT2D eigenvalue weighted by molar-refractivity contribution is 5.98. The van der Waals surface area contributed by atoms with Gasteiger partial charge in [-0.05, 0) is 49.1 Å². The van der Waals surface area contributed by atoms with Crippen LogP contribution in [0.5, 0.6) is 0 Å². The van der Waals surface area contributed by atoms with E-state index in [2.05, 4.69) is 49.4 Å². The van der Waals surface area contributed by atoms with E-state index in [0.717, 1.165) is 11.1 Å². The molecule has 2 aromatic carbocycles. The Morgan fingerprint density at radius 1 is 0.882 bits per heavy atom. The molecular weight excluding hydrogens is 206 g/mol. The van der Waals surface area contributed by atoms with Crippen LogP contribution >= 0.6 is 0 Å². The van der Waals surface area contributed by atoms with E-state index in [9.17, 15) is 0 Å². The van der Waals surface area contributed by atoms with Gasteiger partial charge in [0.2, 0.25) is 0 Å². The van der Waals surface area contributed by atoms with E-state index in [4.69, 9.17) is 5.41 Å². The molecule has 0 radical (unpaired) electrons. The summed E-state index contributed by atoms with van der Waals surface area (Å²) in [4.78, 5) is 0. The van der Waals surface area contributed by atoms with Gasteiger partial charge in [0, 0.05) is 5.71 Å². The third kappa shape index (κ3) is 2.44. The Morgan fingerprint density at radius 3 is 2.06 bits per heavy atom. The van der Waals surface area contributed by atoms with E-state index in [1.807, 2.05) is 13.8 Å². The van der Waals surface area contributed by atoms with Crippen molar-refractivity contribution in [3.05, 3.63) is 59.2 Å². The van der Waals surface area contributed by atoms with Gasteiger partial charge in [-0.15, -0.1) is 0 Å². The second-order valence-corrected chi connectivity index (χ2v) is 4.52. The Kier molecular flexibility index (Phi) is 3.10. The smallest absolute Gasteiger partial charge is 0.0358 e. The van der Waals surface area contributed by atoms with Crippen LogP contribution in [0.3, 0.4) is 0 Å². The Hall–Kier alpha value is -1.89. The van der Waals surface area contributed by atoms with Crippen molar-refractivity contribution < 1.29 is 0 Å². The van der Waals surface area contributed by atoms with Gasteiger partial charge in [0.25, 0.3) is 0 Å². The summed E-state index contributed by atoms with van der Waals surface area (Å²) in [5, 5.41) is 7.77. The monoisotopic (exact) mass is 223 g/mol. The highest BCUT2D eigenvalue weighted by Crippen LogP contribution is 2.23. The van der Waals surface area contributed by atoms with Gasteiger partial charge < -0.3 is 5.41 Å². The molecule has 0 heterocycles. The van der Waals surface area contributed by atoms with Crippen molar-refractivity contribution in [2.75, 3.05) is 0 Å². The highest BCUT2D eigenvalue weighted by atomic mass is 14.4. The Balaban J connectivity index is 2.50. The zero-order chi connectivity index (χ0) is 12.4. The average molecular weight is 223 g/mol. The van der Waals surface area contributed by atoms with Crippen molar-refractivity contribution in [3.8, 4) is 11.1 Å². The van der Waals surface area contributed by atoms with Gasteiger partial charge in [-0.25, -0.2) is 0 Å². The first-order valence-corrected chi connectivity index (χ1v) is 5.81. The summed E-state index contributed by atoms with van der Waals surface area (Å²) in [5.41, 5.74) is 6.47. The van der Waals surface area contributed by atoms with Crippen LogP contribution in [-0.4, -0.2) is 5.71 Å². The Labute approximate surface area is 103 Å². The van der Waals surface area contributed by atoms with Crippen LogP contribution in [0.25, 0.3) is 11.1 Å². The molecule has 0 spiro atoms. The van der Waals surface area contributed by atoms with Gasteiger partial charge in [0.1, 0.15) is 0 Å². The van der Waals surface area contributed by atoms with Crippen molar-refractivity contribution >= 4 is 5.71 Å². The van der Waals surface area contributed by atoms with Crippen molar-refractivity contribution in [1.82, 2.24) is 0 Å². The van der Waals surface area contributed by atoms with Gasteiger partial charge in [0.05, 0.1) is 0 Å². The fourth-order valence-corrected chi connectivity index (χ4v) is 1.95. The minimum Gasteiger partial charge on any atom is -0.305 e. The zero-order valence-electron chi connectivity index (χ0n) is 10.5. The molecule has 0 fully saturated rings. The van der Waals surface area contributed by atoms with Crippen LogP contribution in [0, 0.1) is 19.3 Å². The van der Waals surface area contributed by atoms with E-state index in [-0.39, 0.29) is 0 Å². The number of aryl methyl sites for hydroxylation is 2. The first-order chi connectivity index (χ1) is 8.08. The Bertz CT molecular complexity index is 550. The molecule has 0 aromatic heterocycles. The normalized spacial score (nSPS) is 10.3. The standard InChI is InChI=1S/C16H17N/c1-11-4-7-14(8-5-11)15-9-6-12(2)16(10-15)13(3)17/h4-10,17H,1-3H3. The number of hydrogen-bond donors (Lipinski definition) is 1. The van der Waals surface area contributed by atoms with Crippen LogP contribution in [0.1, 0.15) is 23.6 Å². The molecule has 0 saturated carbocycles. The predicted octanol–water partition coefficient (Wildman–Crippen LogP) is 4.36. The molecule has 1 N–H and O–H groups in total. The number of rotatable bonds is 2. The number of hydrogen-bond acceptors (Lipinski definition) is 1. The summed E-state index contributed by atoms with van der Waals surface area (Å²) < 4.78 is 0. The topological polar surface area (TPSA) is 23.9 Å². The number of nitrogens with one attached hydrogen (secondary N) is 1. The largest absolute Gasteiger partial charge is 0.305 e. The van der Waals surface area contributed by atoms with Crippen molar-refractivity contribution in [1.29, 1.82) is 5.41 Å². The quantitative estimate of drug-likeness (QED) is 0.731. The summed E-state index contributed by atoms with van der Waals surface area (Å²) >= 11 is 0. The molecule has 0 saturated heterocycles. The Morgan fingerprint density at radius 2 is 1.47 bits per heavy atom. The minimum absolute atomic E-state index is 0.622. The van der Waals surface area contributed by atoms with Gasteiger partial charge in [0.15, 0.2) is 0 Å². The summed E-state index contributed by atoms with van der Waals surface area (Å²) in [6.45, 7) is 5.97. The summed E-state index contributed by atoms with van der Waals surface area (Å²) in [6, 6.07) is 14.8. The second-order valence-electron chi connectivity index (χ2n) is 4.52. The van der Waals surface area contributed by atoms with Gasteiger partial charge in [-0.1, -0.05) is 42.0 Å². The van der Waals surface area contributed by atoms with E-state index in [1.54, 1.807) is 0 Å². The lowest BCUT2D eigenvalue weighted by Gasteiger charge is -2.08. The molecule has 0 aliphatic rings. The molecule has 0 bridgehead atoms. The maximum absolute atomic E-state index is 7.77. The molecule has 2 aromatic rings. The lowest BCUT2D eigenvalue weighted by molar-refractivity contribution is 1.38. The summed E-state index contributed by atoms with van der Waals surface area (Å²) in [6.07, 6.45) is 0. The van der Waals surface area contributed by atoms with Gasteiger partial charge in [-0.2, -0.15) is 0 Å². The van der Waals surface area contributed by atoms with Crippen molar-refractivity contribution in [3.63, 3.8) is 0 Å². The SMILES string of the molecule is CC(=N)c1cc(-c2ccc(C)cc2)ccc1C. The summed E-state index contributed by atoms with van der Waals surface area (Å²) in [5.74, 6) is 0. The van der Waals surface area contributed by atoms with Crippen molar-refractivity contribution in [2.24, 2.45) is 0 Å². The van der Waals surface area contributed by atoms with Crippen LogP contribution in [0.2, 0.25) is 0 Å². The summed E-state index contributed by atoms with van der Waals surface area (Å²) in [7, 11) is 0.